The molecule has 2 nitrogen and oxygen atoms in total. The Balaban J connectivity index is 1.80. The van der Waals surface area contributed by atoms with Crippen molar-refractivity contribution in [2.24, 2.45) is 11.3 Å². The van der Waals surface area contributed by atoms with Gasteiger partial charge in [0.25, 0.3) is 0 Å². The third-order valence-electron chi connectivity index (χ3n) is 3.83. The minimum Gasteiger partial charge on any atom is -0.371 e. The molecule has 2 aliphatic rings. The van der Waals surface area contributed by atoms with E-state index in [0.29, 0.717) is 5.92 Å². The Morgan fingerprint density at radius 1 is 1.19 bits per heavy atom. The molecule has 1 aliphatic heterocycles. The Hall–Kier alpha value is -0.290. The first kappa shape index (κ1) is 12.2. The summed E-state index contributed by atoms with van der Waals surface area (Å²) in [6.45, 7) is 0.774. The summed E-state index contributed by atoms with van der Waals surface area (Å²) in [6, 6.07) is 0. The Bertz CT molecular complexity index is 232. The van der Waals surface area contributed by atoms with Crippen molar-refractivity contribution in [2.75, 3.05) is 26.3 Å². The minimum absolute atomic E-state index is 0.0122. The second kappa shape index (κ2) is 4.53. The Kier molecular flexibility index (Phi) is 3.45. The maximum absolute atomic E-state index is 12.0. The van der Waals surface area contributed by atoms with Crippen molar-refractivity contribution in [2.45, 2.75) is 31.9 Å². The molecule has 1 aliphatic carbocycles. The van der Waals surface area contributed by atoms with Gasteiger partial charge in [-0.3, -0.25) is 0 Å². The summed E-state index contributed by atoms with van der Waals surface area (Å²) in [5.41, 5.74) is -0.0122. The van der Waals surface area contributed by atoms with E-state index in [0.717, 1.165) is 25.9 Å². The largest absolute Gasteiger partial charge is 0.411 e. The average Bonchev–Trinajstić information content (AvgIpc) is 2.60. The zero-order chi connectivity index (χ0) is 11.6. The average molecular weight is 237 g/mol. The number of hydrogen-bond acceptors (Lipinski definition) is 2. The van der Waals surface area contributed by atoms with Crippen LogP contribution in [-0.4, -0.2) is 32.5 Å². The molecule has 2 fully saturated rings. The fraction of sp³-hybridized carbons (Fsp3) is 1.00. The van der Waals surface area contributed by atoms with Gasteiger partial charge in [0.05, 0.1) is 6.61 Å². The number of ether oxygens (including phenoxy) is 1. The number of rotatable bonds is 4. The van der Waals surface area contributed by atoms with Crippen molar-refractivity contribution in [1.82, 2.24) is 5.32 Å². The third kappa shape index (κ3) is 2.69. The summed E-state index contributed by atoms with van der Waals surface area (Å²) in [5, 5.41) is 3.17. The van der Waals surface area contributed by atoms with E-state index < -0.39 is 12.8 Å². The molecule has 0 spiro atoms. The van der Waals surface area contributed by atoms with Gasteiger partial charge in [-0.1, -0.05) is 12.8 Å². The number of nitrogens with one attached hydrogen (secondary N) is 1. The summed E-state index contributed by atoms with van der Waals surface area (Å²) in [7, 11) is 0. The molecular weight excluding hydrogens is 219 g/mol. The van der Waals surface area contributed by atoms with Crippen LogP contribution < -0.4 is 5.32 Å². The smallest absolute Gasteiger partial charge is 0.371 e. The van der Waals surface area contributed by atoms with E-state index in [4.69, 9.17) is 4.74 Å². The maximum Gasteiger partial charge on any atom is 0.411 e. The van der Waals surface area contributed by atoms with E-state index in [9.17, 15) is 13.2 Å². The van der Waals surface area contributed by atoms with Crippen molar-refractivity contribution in [3.05, 3.63) is 0 Å². The fourth-order valence-electron chi connectivity index (χ4n) is 2.86. The second-order valence-corrected chi connectivity index (χ2v) is 5.06. The Morgan fingerprint density at radius 3 is 2.25 bits per heavy atom. The molecule has 0 aromatic heterocycles. The van der Waals surface area contributed by atoms with Crippen molar-refractivity contribution in [3.63, 3.8) is 0 Å². The zero-order valence-corrected chi connectivity index (χ0v) is 9.28. The summed E-state index contributed by atoms with van der Waals surface area (Å²) in [6.07, 6.45) is 0.527. The molecule has 0 unspecified atom stereocenters. The Labute approximate surface area is 93.5 Å². The Morgan fingerprint density at radius 2 is 1.81 bits per heavy atom. The van der Waals surface area contributed by atoms with Gasteiger partial charge in [0.1, 0.15) is 6.61 Å². The van der Waals surface area contributed by atoms with Crippen LogP contribution >= 0.6 is 0 Å². The van der Waals surface area contributed by atoms with Crippen LogP contribution in [0.3, 0.4) is 0 Å². The standard InChI is InChI=1S/C11H18F3NO/c12-11(13,14)8-16-7-10(5-15-6-10)9-3-1-2-4-9/h9,15H,1-8H2. The summed E-state index contributed by atoms with van der Waals surface area (Å²) < 4.78 is 40.8. The molecule has 0 aromatic rings. The van der Waals surface area contributed by atoms with Gasteiger partial charge in [-0.25, -0.2) is 0 Å². The molecule has 2 rings (SSSR count). The van der Waals surface area contributed by atoms with E-state index in [1.165, 1.54) is 12.8 Å². The van der Waals surface area contributed by atoms with E-state index in [1.807, 2.05) is 0 Å². The monoisotopic (exact) mass is 237 g/mol. The number of alkyl halides is 3. The number of hydrogen-bond donors (Lipinski definition) is 1. The van der Waals surface area contributed by atoms with Crippen LogP contribution in [0.1, 0.15) is 25.7 Å². The lowest BCUT2D eigenvalue weighted by atomic mass is 9.70. The first-order valence-electron chi connectivity index (χ1n) is 5.87. The van der Waals surface area contributed by atoms with Crippen LogP contribution in [0.5, 0.6) is 0 Å². The van der Waals surface area contributed by atoms with Gasteiger partial charge < -0.3 is 10.1 Å². The lowest BCUT2D eigenvalue weighted by Gasteiger charge is -2.47. The van der Waals surface area contributed by atoms with Crippen LogP contribution in [0.15, 0.2) is 0 Å². The molecule has 94 valence electrons. The predicted molar refractivity (Wildman–Crippen MR) is 54.1 cm³/mol. The zero-order valence-electron chi connectivity index (χ0n) is 9.28. The van der Waals surface area contributed by atoms with E-state index in [-0.39, 0.29) is 12.0 Å². The minimum atomic E-state index is -4.20. The molecule has 0 aromatic carbocycles. The third-order valence-corrected chi connectivity index (χ3v) is 3.83. The van der Waals surface area contributed by atoms with E-state index >= 15 is 0 Å². The highest BCUT2D eigenvalue weighted by Gasteiger charge is 2.45. The summed E-state index contributed by atoms with van der Waals surface area (Å²) in [5.74, 6) is 0.557. The molecule has 5 heteroatoms. The molecule has 1 N–H and O–H groups in total. The molecule has 1 heterocycles. The van der Waals surface area contributed by atoms with Crippen molar-refractivity contribution in [3.8, 4) is 0 Å². The van der Waals surface area contributed by atoms with Crippen molar-refractivity contribution >= 4 is 0 Å². The quantitative estimate of drug-likeness (QED) is 0.810. The van der Waals surface area contributed by atoms with E-state index in [2.05, 4.69) is 5.32 Å². The summed E-state index contributed by atoms with van der Waals surface area (Å²) >= 11 is 0. The highest BCUT2D eigenvalue weighted by molar-refractivity contribution is 4.98. The van der Waals surface area contributed by atoms with Crippen LogP contribution in [0.25, 0.3) is 0 Å². The van der Waals surface area contributed by atoms with Crippen LogP contribution in [0, 0.1) is 11.3 Å². The van der Waals surface area contributed by atoms with Gasteiger partial charge >= 0.3 is 6.18 Å². The summed E-state index contributed by atoms with van der Waals surface area (Å²) in [4.78, 5) is 0. The topological polar surface area (TPSA) is 21.3 Å². The van der Waals surface area contributed by atoms with Crippen LogP contribution in [0.4, 0.5) is 13.2 Å². The SMILES string of the molecule is FC(F)(F)COCC1(C2CCCC2)CNC1. The van der Waals surface area contributed by atoms with Crippen LogP contribution in [0.2, 0.25) is 0 Å². The number of halogens is 3. The molecule has 0 amide bonds. The van der Waals surface area contributed by atoms with E-state index in [1.54, 1.807) is 0 Å². The van der Waals surface area contributed by atoms with Crippen LogP contribution in [-0.2, 0) is 4.74 Å². The molecule has 0 radical (unpaired) electrons. The second-order valence-electron chi connectivity index (χ2n) is 5.06. The molecule has 16 heavy (non-hydrogen) atoms. The molecule has 0 bridgehead atoms. The predicted octanol–water partition coefficient (Wildman–Crippen LogP) is 2.35. The molecular formula is C11H18F3NO. The highest BCUT2D eigenvalue weighted by Crippen LogP contribution is 2.43. The first-order chi connectivity index (χ1) is 7.52. The van der Waals surface area contributed by atoms with Gasteiger partial charge in [0.2, 0.25) is 0 Å². The van der Waals surface area contributed by atoms with Gasteiger partial charge in [0, 0.05) is 18.5 Å². The lowest BCUT2D eigenvalue weighted by Crippen LogP contribution is -2.59. The molecule has 1 saturated carbocycles. The molecule has 0 atom stereocenters. The first-order valence-corrected chi connectivity index (χ1v) is 5.87. The van der Waals surface area contributed by atoms with Crippen molar-refractivity contribution < 1.29 is 17.9 Å². The highest BCUT2D eigenvalue weighted by atomic mass is 19.4. The lowest BCUT2D eigenvalue weighted by molar-refractivity contribution is -0.186. The normalized spacial score (nSPS) is 25.7. The maximum atomic E-state index is 12.0. The fourth-order valence-corrected chi connectivity index (χ4v) is 2.86. The van der Waals surface area contributed by atoms with Gasteiger partial charge in [-0.2, -0.15) is 13.2 Å². The molecule has 1 saturated heterocycles. The van der Waals surface area contributed by atoms with Gasteiger partial charge in [0.15, 0.2) is 0 Å². The van der Waals surface area contributed by atoms with Gasteiger partial charge in [-0.15, -0.1) is 0 Å². The van der Waals surface area contributed by atoms with Crippen molar-refractivity contribution in [1.29, 1.82) is 0 Å². The van der Waals surface area contributed by atoms with Gasteiger partial charge in [-0.05, 0) is 18.8 Å².